The van der Waals surface area contributed by atoms with Crippen molar-refractivity contribution < 1.29 is 24.2 Å². The second-order valence-corrected chi connectivity index (χ2v) is 8.48. The van der Waals surface area contributed by atoms with Crippen molar-refractivity contribution >= 4 is 17.9 Å². The molecule has 9 heteroatoms. The van der Waals surface area contributed by atoms with Crippen molar-refractivity contribution in [2.75, 3.05) is 19.6 Å². The second kappa shape index (κ2) is 12.5. The van der Waals surface area contributed by atoms with Crippen molar-refractivity contribution in [2.24, 2.45) is 0 Å². The maximum absolute atomic E-state index is 13.1. The summed E-state index contributed by atoms with van der Waals surface area (Å²) in [5.74, 6) is -0.996. The average Bonchev–Trinajstić information content (AvgIpc) is 2.70. The molecule has 1 aromatic rings. The fourth-order valence-electron chi connectivity index (χ4n) is 2.97. The van der Waals surface area contributed by atoms with E-state index in [0.717, 1.165) is 24.2 Å². The second-order valence-electron chi connectivity index (χ2n) is 8.48. The number of aryl methyl sites for hydroxylation is 1. The van der Waals surface area contributed by atoms with Crippen molar-refractivity contribution in [1.29, 1.82) is 5.26 Å². The highest BCUT2D eigenvalue weighted by Gasteiger charge is 2.32. The SMILES string of the molecule is CCCCCNC(=O)C(c1ccc(O)c(C)c1)N(CC#N)C(=O)CNC(=O)OC(C)(C)C. The van der Waals surface area contributed by atoms with Crippen LogP contribution in [0.4, 0.5) is 4.79 Å². The Morgan fingerprint density at radius 3 is 2.47 bits per heavy atom. The van der Waals surface area contributed by atoms with Crippen LogP contribution in [0.2, 0.25) is 0 Å². The van der Waals surface area contributed by atoms with Crippen LogP contribution in [0.1, 0.15) is 64.1 Å². The lowest BCUT2D eigenvalue weighted by Crippen LogP contribution is -2.48. The van der Waals surface area contributed by atoms with Gasteiger partial charge >= 0.3 is 6.09 Å². The standard InChI is InChI=1S/C23H34N4O5/c1-6-7-8-12-25-21(30)20(17-9-10-18(28)16(2)14-17)27(13-11-24)19(29)15-26-22(31)32-23(3,4)5/h9-10,14,20,28H,6-8,12-13,15H2,1-5H3,(H,25,30)(H,26,31). The van der Waals surface area contributed by atoms with Crippen LogP contribution in [0.3, 0.4) is 0 Å². The smallest absolute Gasteiger partial charge is 0.408 e. The quantitative estimate of drug-likeness (QED) is 0.374. The molecule has 0 heterocycles. The summed E-state index contributed by atoms with van der Waals surface area (Å²) in [4.78, 5) is 39.0. The summed E-state index contributed by atoms with van der Waals surface area (Å²) >= 11 is 0. The van der Waals surface area contributed by atoms with Crippen LogP contribution in [0.25, 0.3) is 0 Å². The molecule has 0 aliphatic rings. The molecule has 0 bridgehead atoms. The minimum Gasteiger partial charge on any atom is -0.508 e. The molecule has 0 radical (unpaired) electrons. The summed E-state index contributed by atoms with van der Waals surface area (Å²) in [6.45, 7) is 8.46. The van der Waals surface area contributed by atoms with Gasteiger partial charge in [-0.05, 0) is 57.4 Å². The number of phenolic OH excluding ortho intramolecular Hbond substituents is 1. The molecule has 0 fully saturated rings. The van der Waals surface area contributed by atoms with Crippen LogP contribution in [0.15, 0.2) is 18.2 Å². The predicted molar refractivity (Wildman–Crippen MR) is 120 cm³/mol. The maximum atomic E-state index is 13.1. The maximum Gasteiger partial charge on any atom is 0.408 e. The van der Waals surface area contributed by atoms with Gasteiger partial charge in [-0.25, -0.2) is 4.79 Å². The molecule has 176 valence electrons. The summed E-state index contributed by atoms with van der Waals surface area (Å²) in [5, 5.41) is 24.4. The van der Waals surface area contributed by atoms with Crippen LogP contribution in [0, 0.1) is 18.3 Å². The Hall–Kier alpha value is -3.28. The molecule has 3 amide bonds. The largest absolute Gasteiger partial charge is 0.508 e. The van der Waals surface area contributed by atoms with Crippen molar-refractivity contribution in [3.8, 4) is 11.8 Å². The zero-order chi connectivity index (χ0) is 24.3. The van der Waals surface area contributed by atoms with E-state index in [1.54, 1.807) is 33.8 Å². The molecule has 9 nitrogen and oxygen atoms in total. The van der Waals surface area contributed by atoms with Gasteiger partial charge < -0.3 is 25.4 Å². The van der Waals surface area contributed by atoms with Gasteiger partial charge in [-0.15, -0.1) is 0 Å². The molecule has 1 unspecified atom stereocenters. The van der Waals surface area contributed by atoms with Gasteiger partial charge in [-0.1, -0.05) is 25.8 Å². The molecule has 32 heavy (non-hydrogen) atoms. The molecule has 1 atom stereocenters. The van der Waals surface area contributed by atoms with E-state index >= 15 is 0 Å². The molecule has 0 saturated heterocycles. The molecule has 3 N–H and O–H groups in total. The van der Waals surface area contributed by atoms with Crippen LogP contribution < -0.4 is 10.6 Å². The monoisotopic (exact) mass is 446 g/mol. The lowest BCUT2D eigenvalue weighted by Gasteiger charge is -2.30. The number of ether oxygens (including phenoxy) is 1. The number of benzene rings is 1. The third kappa shape index (κ3) is 8.84. The highest BCUT2D eigenvalue weighted by Crippen LogP contribution is 2.26. The normalized spacial score (nSPS) is 11.8. The lowest BCUT2D eigenvalue weighted by atomic mass is 10.0. The molecule has 1 aromatic carbocycles. The molecule has 0 spiro atoms. The zero-order valence-corrected chi connectivity index (χ0v) is 19.5. The Kier molecular flexibility index (Phi) is 10.5. The Balaban J connectivity index is 3.12. The van der Waals surface area contributed by atoms with Crippen LogP contribution in [0.5, 0.6) is 5.75 Å². The number of carbonyl (C=O) groups is 3. The van der Waals surface area contributed by atoms with Crippen LogP contribution in [-0.4, -0.2) is 53.1 Å². The van der Waals surface area contributed by atoms with E-state index < -0.39 is 36.1 Å². The van der Waals surface area contributed by atoms with Gasteiger partial charge in [0, 0.05) is 6.54 Å². The number of rotatable bonds is 10. The highest BCUT2D eigenvalue weighted by molar-refractivity contribution is 5.90. The number of unbranched alkanes of at least 4 members (excludes halogenated alkanes) is 2. The van der Waals surface area contributed by atoms with Gasteiger partial charge in [0.15, 0.2) is 0 Å². The molecule has 0 aromatic heterocycles. The van der Waals surface area contributed by atoms with Crippen molar-refractivity contribution in [1.82, 2.24) is 15.5 Å². The fourth-order valence-corrected chi connectivity index (χ4v) is 2.97. The van der Waals surface area contributed by atoms with E-state index in [1.165, 1.54) is 12.1 Å². The Morgan fingerprint density at radius 2 is 1.91 bits per heavy atom. The van der Waals surface area contributed by atoms with E-state index in [1.807, 2.05) is 6.07 Å². The molecular weight excluding hydrogens is 412 g/mol. The van der Waals surface area contributed by atoms with Gasteiger partial charge in [-0.3, -0.25) is 9.59 Å². The van der Waals surface area contributed by atoms with E-state index in [0.29, 0.717) is 17.7 Å². The number of carbonyl (C=O) groups excluding carboxylic acids is 3. The number of hydrogen-bond donors (Lipinski definition) is 3. The Bertz CT molecular complexity index is 842. The van der Waals surface area contributed by atoms with Crippen LogP contribution >= 0.6 is 0 Å². The first kappa shape index (κ1) is 26.8. The van der Waals surface area contributed by atoms with Gasteiger partial charge in [0.1, 0.15) is 30.5 Å². The van der Waals surface area contributed by atoms with E-state index in [9.17, 15) is 24.8 Å². The number of aromatic hydroxyl groups is 1. The minimum atomic E-state index is -1.09. The topological polar surface area (TPSA) is 132 Å². The number of amides is 3. The number of nitrogens with one attached hydrogen (secondary N) is 2. The van der Waals surface area contributed by atoms with Gasteiger partial charge in [0.05, 0.1) is 6.07 Å². The fraction of sp³-hybridized carbons (Fsp3) is 0.565. The van der Waals surface area contributed by atoms with Crippen molar-refractivity contribution in [3.05, 3.63) is 29.3 Å². The number of nitrogens with zero attached hydrogens (tertiary/aromatic N) is 2. The first-order valence-corrected chi connectivity index (χ1v) is 10.7. The average molecular weight is 447 g/mol. The number of nitriles is 1. The summed E-state index contributed by atoms with van der Waals surface area (Å²) in [6.07, 6.45) is 1.95. The third-order valence-electron chi connectivity index (χ3n) is 4.52. The summed E-state index contributed by atoms with van der Waals surface area (Å²) in [6, 6.07) is 5.40. The summed E-state index contributed by atoms with van der Waals surface area (Å²) in [7, 11) is 0. The first-order valence-electron chi connectivity index (χ1n) is 10.7. The van der Waals surface area contributed by atoms with E-state index in [-0.39, 0.29) is 12.3 Å². The predicted octanol–water partition coefficient (Wildman–Crippen LogP) is 2.93. The van der Waals surface area contributed by atoms with E-state index in [4.69, 9.17) is 4.74 Å². The van der Waals surface area contributed by atoms with Crippen molar-refractivity contribution in [2.45, 2.75) is 65.5 Å². The van der Waals surface area contributed by atoms with Gasteiger partial charge in [-0.2, -0.15) is 5.26 Å². The molecule has 1 rings (SSSR count). The number of hydrogen-bond acceptors (Lipinski definition) is 6. The molecular formula is C23H34N4O5. The lowest BCUT2D eigenvalue weighted by molar-refractivity contribution is -0.139. The van der Waals surface area contributed by atoms with Crippen molar-refractivity contribution in [3.63, 3.8) is 0 Å². The van der Waals surface area contributed by atoms with Gasteiger partial charge in [0.2, 0.25) is 11.8 Å². The Morgan fingerprint density at radius 1 is 1.22 bits per heavy atom. The van der Waals surface area contributed by atoms with Gasteiger partial charge in [0.25, 0.3) is 0 Å². The molecule has 0 saturated carbocycles. The van der Waals surface area contributed by atoms with E-state index in [2.05, 4.69) is 17.6 Å². The minimum absolute atomic E-state index is 0.0561. The highest BCUT2D eigenvalue weighted by atomic mass is 16.6. The Labute approximate surface area is 189 Å². The first-order chi connectivity index (χ1) is 15.0. The molecule has 0 aliphatic heterocycles. The summed E-state index contributed by atoms with van der Waals surface area (Å²) in [5.41, 5.74) is 0.251. The third-order valence-corrected chi connectivity index (χ3v) is 4.52. The number of phenols is 1. The molecule has 0 aliphatic carbocycles. The number of alkyl carbamates (subject to hydrolysis) is 1. The summed E-state index contributed by atoms with van der Waals surface area (Å²) < 4.78 is 5.13. The zero-order valence-electron chi connectivity index (χ0n) is 19.5. The van der Waals surface area contributed by atoms with Crippen LogP contribution in [-0.2, 0) is 14.3 Å².